The lowest BCUT2D eigenvalue weighted by molar-refractivity contribution is -0.131. The molecule has 2 aromatic rings. The highest BCUT2D eigenvalue weighted by atomic mass is 32.2. The molecule has 0 radical (unpaired) electrons. The largest absolute Gasteiger partial charge is 0.493 e. The molecule has 2 aliphatic heterocycles. The molecule has 3 heterocycles. The third kappa shape index (κ3) is 4.82. The van der Waals surface area contributed by atoms with Crippen LogP contribution in [0.1, 0.15) is 18.5 Å². The average Bonchev–Trinajstić information content (AvgIpc) is 3.47. The van der Waals surface area contributed by atoms with Gasteiger partial charge in [0.15, 0.2) is 16.6 Å². The number of methoxy groups -OCH3 is 2. The Morgan fingerprint density at radius 3 is 2.45 bits per heavy atom. The Hall–Kier alpha value is -2.70. The fourth-order valence-electron chi connectivity index (χ4n) is 3.92. The van der Waals surface area contributed by atoms with Gasteiger partial charge < -0.3 is 14.4 Å². The summed E-state index contributed by atoms with van der Waals surface area (Å²) in [5.41, 5.74) is 0.625. The maximum absolute atomic E-state index is 13.1. The van der Waals surface area contributed by atoms with E-state index in [1.165, 1.54) is 42.0 Å². The van der Waals surface area contributed by atoms with Crippen LogP contribution in [0.25, 0.3) is 0 Å². The fraction of sp³-hybridized carbons (Fsp3) is 0.476. The van der Waals surface area contributed by atoms with E-state index in [1.807, 2.05) is 0 Å². The van der Waals surface area contributed by atoms with Crippen molar-refractivity contribution in [1.29, 1.82) is 0 Å². The maximum Gasteiger partial charge on any atom is 0.243 e. The van der Waals surface area contributed by atoms with Crippen molar-refractivity contribution in [2.24, 2.45) is 0 Å². The highest BCUT2D eigenvalue weighted by Crippen LogP contribution is 2.31. The zero-order chi connectivity index (χ0) is 23.6. The first kappa shape index (κ1) is 23.5. The minimum atomic E-state index is -3.73. The molecule has 0 unspecified atom stereocenters. The van der Waals surface area contributed by atoms with Crippen LogP contribution in [0.5, 0.6) is 11.5 Å². The molecule has 2 aliphatic rings. The summed E-state index contributed by atoms with van der Waals surface area (Å²) in [6.45, 7) is 1.66. The Morgan fingerprint density at radius 1 is 1.09 bits per heavy atom. The molecule has 10 nitrogen and oxygen atoms in total. The van der Waals surface area contributed by atoms with Gasteiger partial charge >= 0.3 is 0 Å². The van der Waals surface area contributed by atoms with Crippen LogP contribution in [0.4, 0.5) is 5.13 Å². The molecule has 0 atom stereocenters. The summed E-state index contributed by atoms with van der Waals surface area (Å²) in [7, 11) is -0.789. The molecular weight excluding hydrogens is 468 g/mol. The molecule has 0 aliphatic carbocycles. The summed E-state index contributed by atoms with van der Waals surface area (Å²) in [5.74, 6) is 0.744. The minimum Gasteiger partial charge on any atom is -0.493 e. The van der Waals surface area contributed by atoms with E-state index in [0.29, 0.717) is 48.4 Å². The number of rotatable bonds is 7. The second kappa shape index (κ2) is 9.65. The number of amides is 2. The number of aromatic nitrogens is 1. The van der Waals surface area contributed by atoms with Crippen molar-refractivity contribution in [1.82, 2.24) is 14.2 Å². The summed E-state index contributed by atoms with van der Waals surface area (Å²) in [4.78, 5) is 32.5. The Kier molecular flexibility index (Phi) is 6.86. The van der Waals surface area contributed by atoms with Crippen LogP contribution in [0.3, 0.4) is 0 Å². The van der Waals surface area contributed by atoms with Gasteiger partial charge in [-0.15, -0.1) is 11.3 Å². The minimum absolute atomic E-state index is 0.0639. The van der Waals surface area contributed by atoms with Crippen LogP contribution in [0, 0.1) is 0 Å². The molecule has 2 amide bonds. The van der Waals surface area contributed by atoms with Gasteiger partial charge in [0.05, 0.1) is 31.2 Å². The smallest absolute Gasteiger partial charge is 0.243 e. The van der Waals surface area contributed by atoms with Crippen LogP contribution in [0.15, 0.2) is 28.5 Å². The molecule has 4 rings (SSSR count). The van der Waals surface area contributed by atoms with E-state index in [0.717, 1.165) is 6.42 Å². The Bertz CT molecular complexity index is 1140. The number of nitrogens with zero attached hydrogens (tertiary/aromatic N) is 4. The van der Waals surface area contributed by atoms with Crippen LogP contribution in [0.2, 0.25) is 0 Å². The molecule has 1 aromatic carbocycles. The number of carbonyl (C=O) groups is 2. The summed E-state index contributed by atoms with van der Waals surface area (Å²) in [6.07, 6.45) is 1.48. The van der Waals surface area contributed by atoms with Gasteiger partial charge in [0, 0.05) is 50.6 Å². The van der Waals surface area contributed by atoms with Crippen molar-refractivity contribution in [3.63, 3.8) is 0 Å². The normalized spacial score (nSPS) is 17.5. The first-order valence-electron chi connectivity index (χ1n) is 10.6. The monoisotopic (exact) mass is 494 g/mol. The number of piperazine rings is 1. The van der Waals surface area contributed by atoms with Gasteiger partial charge in [-0.3, -0.25) is 14.5 Å². The molecule has 0 N–H and O–H groups in total. The lowest BCUT2D eigenvalue weighted by Gasteiger charge is -2.34. The molecule has 178 valence electrons. The number of carbonyl (C=O) groups excluding carboxylic acids is 2. The summed E-state index contributed by atoms with van der Waals surface area (Å²) >= 11 is 1.36. The third-order valence-electron chi connectivity index (χ3n) is 5.76. The van der Waals surface area contributed by atoms with Gasteiger partial charge in [0.1, 0.15) is 0 Å². The summed E-state index contributed by atoms with van der Waals surface area (Å²) in [5, 5.41) is 2.43. The average molecular weight is 495 g/mol. The van der Waals surface area contributed by atoms with Gasteiger partial charge in [0.25, 0.3) is 0 Å². The van der Waals surface area contributed by atoms with Gasteiger partial charge in [0.2, 0.25) is 21.8 Å². The van der Waals surface area contributed by atoms with Crippen molar-refractivity contribution in [2.45, 2.75) is 24.2 Å². The summed E-state index contributed by atoms with van der Waals surface area (Å²) < 4.78 is 37.9. The van der Waals surface area contributed by atoms with E-state index >= 15 is 0 Å². The number of sulfonamides is 1. The van der Waals surface area contributed by atoms with Crippen molar-refractivity contribution in [3.05, 3.63) is 29.3 Å². The van der Waals surface area contributed by atoms with Gasteiger partial charge in [-0.1, -0.05) is 0 Å². The zero-order valence-electron chi connectivity index (χ0n) is 18.5. The molecule has 0 spiro atoms. The van der Waals surface area contributed by atoms with Crippen molar-refractivity contribution in [3.8, 4) is 11.5 Å². The lowest BCUT2D eigenvalue weighted by Crippen LogP contribution is -2.50. The topological polar surface area (TPSA) is 109 Å². The molecule has 0 bridgehead atoms. The van der Waals surface area contributed by atoms with Crippen molar-refractivity contribution >= 4 is 38.3 Å². The Morgan fingerprint density at radius 2 is 1.82 bits per heavy atom. The summed E-state index contributed by atoms with van der Waals surface area (Å²) in [6, 6.07) is 4.49. The van der Waals surface area contributed by atoms with Crippen LogP contribution < -0.4 is 14.4 Å². The SMILES string of the molecule is COc1ccc(S(=O)(=O)N2CCN(C(=O)Cc3csc(N4CCCC4=O)n3)CC2)cc1OC. The molecule has 0 saturated carbocycles. The second-order valence-electron chi connectivity index (χ2n) is 7.75. The number of thiazole rings is 1. The Labute approximate surface area is 196 Å². The van der Waals surface area contributed by atoms with E-state index in [4.69, 9.17) is 9.47 Å². The fourth-order valence-corrected chi connectivity index (χ4v) is 6.23. The predicted octanol–water partition coefficient (Wildman–Crippen LogP) is 1.36. The molecular formula is C21H26N4O6S2. The quantitative estimate of drug-likeness (QED) is 0.572. The first-order valence-corrected chi connectivity index (χ1v) is 12.9. The van der Waals surface area contributed by atoms with Crippen LogP contribution in [-0.2, 0) is 26.0 Å². The zero-order valence-corrected chi connectivity index (χ0v) is 20.2. The molecule has 12 heteroatoms. The molecule has 2 saturated heterocycles. The van der Waals surface area contributed by atoms with Crippen LogP contribution in [-0.4, -0.2) is 81.4 Å². The van der Waals surface area contributed by atoms with E-state index < -0.39 is 10.0 Å². The number of ether oxygens (including phenoxy) is 2. The number of anilines is 1. The van der Waals surface area contributed by atoms with Crippen LogP contribution >= 0.6 is 11.3 Å². The van der Waals surface area contributed by atoms with Crippen molar-refractivity contribution in [2.75, 3.05) is 51.8 Å². The Balaban J connectivity index is 1.36. The molecule has 33 heavy (non-hydrogen) atoms. The first-order chi connectivity index (χ1) is 15.8. The number of hydrogen-bond donors (Lipinski definition) is 0. The molecule has 1 aromatic heterocycles. The van der Waals surface area contributed by atoms with Gasteiger partial charge in [-0.25, -0.2) is 13.4 Å². The van der Waals surface area contributed by atoms with Gasteiger partial charge in [-0.05, 0) is 18.6 Å². The standard InChI is InChI=1S/C21H26N4O6S2/c1-30-17-6-5-16(13-18(17)31-2)33(28,29)24-10-8-23(9-11-24)20(27)12-15-14-32-21(22-15)25-7-3-4-19(25)26/h5-6,13-14H,3-4,7-12H2,1-2H3. The van der Waals surface area contributed by atoms with E-state index in [-0.39, 0.29) is 36.2 Å². The predicted molar refractivity (Wildman–Crippen MR) is 122 cm³/mol. The third-order valence-corrected chi connectivity index (χ3v) is 8.57. The highest BCUT2D eigenvalue weighted by molar-refractivity contribution is 7.89. The maximum atomic E-state index is 13.1. The van der Waals surface area contributed by atoms with E-state index in [2.05, 4.69) is 4.98 Å². The number of benzene rings is 1. The molecule has 2 fully saturated rings. The lowest BCUT2D eigenvalue weighted by atomic mass is 10.2. The van der Waals surface area contributed by atoms with E-state index in [1.54, 1.807) is 21.2 Å². The van der Waals surface area contributed by atoms with Crippen molar-refractivity contribution < 1.29 is 27.5 Å². The highest BCUT2D eigenvalue weighted by Gasteiger charge is 2.31. The second-order valence-corrected chi connectivity index (χ2v) is 10.5. The van der Waals surface area contributed by atoms with Gasteiger partial charge in [-0.2, -0.15) is 4.31 Å². The number of hydrogen-bond acceptors (Lipinski definition) is 8. The van der Waals surface area contributed by atoms with E-state index in [9.17, 15) is 18.0 Å².